The van der Waals surface area contributed by atoms with Crippen LogP contribution in [0.2, 0.25) is 0 Å². The maximum absolute atomic E-state index is 13.8. The fraction of sp³-hybridized carbons (Fsp3) is 0.793. The highest BCUT2D eigenvalue weighted by Crippen LogP contribution is 2.47. The highest BCUT2D eigenvalue weighted by atomic mass is 16.6. The Labute approximate surface area is 660 Å². The minimum absolute atomic E-state index is 0.00570. The van der Waals surface area contributed by atoms with Crippen molar-refractivity contribution in [2.75, 3.05) is 80.2 Å². The number of hydrogen-bond acceptors (Lipinski definition) is 22. The van der Waals surface area contributed by atoms with Gasteiger partial charge in [0.15, 0.2) is 5.78 Å². The largest absolute Gasteiger partial charge is 0.469 e. The van der Waals surface area contributed by atoms with E-state index in [1.165, 1.54) is 28.1 Å². The Hall–Kier alpha value is -7.55. The first-order chi connectivity index (χ1) is 52.6. The van der Waals surface area contributed by atoms with Gasteiger partial charge in [0, 0.05) is 108 Å². The summed E-state index contributed by atoms with van der Waals surface area (Å²) in [6.45, 7) is 30.0. The number of amides is 7. The normalized spacial score (nSPS) is 19.2. The van der Waals surface area contributed by atoms with Crippen LogP contribution in [0, 0.1) is 59.7 Å². The van der Waals surface area contributed by atoms with Gasteiger partial charge in [-0.15, -0.1) is 6.42 Å². The number of methoxy groups -OCH3 is 2. The Morgan fingerprint density at radius 3 is 1.58 bits per heavy atom. The van der Waals surface area contributed by atoms with E-state index in [1.54, 1.807) is 48.5 Å². The zero-order valence-corrected chi connectivity index (χ0v) is 69.6. The lowest BCUT2D eigenvalue weighted by molar-refractivity contribution is -0.162. The molecule has 2 fully saturated rings. The van der Waals surface area contributed by atoms with Crippen LogP contribution in [0.15, 0.2) is 17.4 Å². The number of ketones is 2. The van der Waals surface area contributed by atoms with Crippen LogP contribution in [-0.2, 0) is 90.6 Å². The third-order valence-corrected chi connectivity index (χ3v) is 20.1. The number of ether oxygens (including phenoxy) is 9. The first-order valence-electron chi connectivity index (χ1n) is 40.4. The molecule has 7 amide bonds. The zero-order chi connectivity index (χ0) is 83.1. The lowest BCUT2D eigenvalue weighted by atomic mass is 9.75. The SMILES string of the molecule is C#CCOCCOCCOCCOCCC(=O)N[C@H](CCC(=O)CCCCCCCNC(=O)C[C@H]1[C@@H](C(NC(C)=O)C(CC)CC)[C@H](NC(=C)NC(=O)OC(C)(C)C)C[C@@H]1C(=O)OC)C(=O)CCC(=O)NCCCCCCCC(=O)O[C@H]1[C@@H](C(NC(C)=O)C(CC)CC)[C@H](CC(C)=NC(=O)OC(C)(C)C)C[C@@H]1C(=O)OC. The van der Waals surface area contributed by atoms with E-state index in [0.717, 1.165) is 32.1 Å². The third-order valence-electron chi connectivity index (χ3n) is 20.1. The van der Waals surface area contributed by atoms with Crippen LogP contribution < -0.4 is 37.2 Å². The van der Waals surface area contributed by atoms with Gasteiger partial charge >= 0.3 is 30.1 Å². The topological polar surface area (TPSA) is 384 Å². The summed E-state index contributed by atoms with van der Waals surface area (Å²) in [5.41, 5.74) is -1.05. The van der Waals surface area contributed by atoms with Crippen molar-refractivity contribution in [3.05, 3.63) is 12.4 Å². The molecule has 29 nitrogen and oxygen atoms in total. The average molecular weight is 1570 g/mol. The van der Waals surface area contributed by atoms with Crippen LogP contribution in [0.4, 0.5) is 9.59 Å². The van der Waals surface area contributed by atoms with Crippen molar-refractivity contribution >= 4 is 76.9 Å². The number of esters is 3. The first kappa shape index (κ1) is 99.5. The number of alkyl carbamates (subject to hydrolysis) is 1. The van der Waals surface area contributed by atoms with Crippen molar-refractivity contribution in [2.45, 2.75) is 292 Å². The number of aliphatic imine (C=N–C) groups is 1. The van der Waals surface area contributed by atoms with Crippen LogP contribution in [0.3, 0.4) is 0 Å². The summed E-state index contributed by atoms with van der Waals surface area (Å²) in [5, 5.41) is 20.9. The van der Waals surface area contributed by atoms with E-state index in [1.807, 2.05) is 27.7 Å². The molecule has 0 heterocycles. The predicted octanol–water partition coefficient (Wildman–Crippen LogP) is 9.95. The molecule has 0 radical (unpaired) electrons. The third kappa shape index (κ3) is 41.7. The van der Waals surface area contributed by atoms with Gasteiger partial charge < -0.3 is 74.5 Å². The van der Waals surface area contributed by atoms with Crippen LogP contribution in [0.5, 0.6) is 0 Å². The van der Waals surface area contributed by atoms with Gasteiger partial charge in [-0.25, -0.2) is 9.59 Å². The fourth-order valence-corrected chi connectivity index (χ4v) is 14.9. The number of hydrogen-bond donors (Lipinski definition) is 7. The Morgan fingerprint density at radius 1 is 0.541 bits per heavy atom. The van der Waals surface area contributed by atoms with Gasteiger partial charge in [0.25, 0.3) is 0 Å². The number of terminal acetylenes is 1. The van der Waals surface area contributed by atoms with E-state index in [-0.39, 0.29) is 150 Å². The van der Waals surface area contributed by atoms with Gasteiger partial charge in [-0.1, -0.05) is 104 Å². The summed E-state index contributed by atoms with van der Waals surface area (Å²) in [5.74, 6) is -4.42. The van der Waals surface area contributed by atoms with Crippen molar-refractivity contribution in [1.29, 1.82) is 0 Å². The highest BCUT2D eigenvalue weighted by Gasteiger charge is 2.55. The minimum Gasteiger partial charge on any atom is -0.469 e. The molecule has 11 atom stereocenters. The lowest BCUT2D eigenvalue weighted by Crippen LogP contribution is -2.53. The molecule has 2 aliphatic carbocycles. The van der Waals surface area contributed by atoms with Gasteiger partial charge in [0.1, 0.15) is 35.5 Å². The molecule has 2 rings (SSSR count). The van der Waals surface area contributed by atoms with Gasteiger partial charge in [-0.3, -0.25) is 53.3 Å². The second kappa shape index (κ2) is 55.0. The number of carbonyl (C=O) groups excluding carboxylic acids is 12. The van der Waals surface area contributed by atoms with E-state index in [9.17, 15) is 57.5 Å². The van der Waals surface area contributed by atoms with Crippen molar-refractivity contribution < 1.29 is 100 Å². The van der Waals surface area contributed by atoms with Crippen molar-refractivity contribution in [3.63, 3.8) is 0 Å². The van der Waals surface area contributed by atoms with Crippen molar-refractivity contribution in [3.8, 4) is 12.3 Å². The fourth-order valence-electron chi connectivity index (χ4n) is 14.9. The van der Waals surface area contributed by atoms with E-state index in [0.29, 0.717) is 103 Å². The maximum Gasteiger partial charge on any atom is 0.434 e. The molecule has 0 aromatic rings. The molecule has 0 aliphatic heterocycles. The molecule has 29 heteroatoms. The quantitative estimate of drug-likeness (QED) is 0.00978. The first-order valence-corrected chi connectivity index (χ1v) is 40.4. The van der Waals surface area contributed by atoms with Gasteiger partial charge in [0.05, 0.1) is 78.3 Å². The van der Waals surface area contributed by atoms with Crippen LogP contribution in [-0.4, -0.2) is 199 Å². The van der Waals surface area contributed by atoms with Gasteiger partial charge in [0.2, 0.25) is 29.5 Å². The molecule has 632 valence electrons. The van der Waals surface area contributed by atoms with Crippen LogP contribution in [0.1, 0.15) is 251 Å². The molecule has 0 aromatic carbocycles. The van der Waals surface area contributed by atoms with Crippen molar-refractivity contribution in [1.82, 2.24) is 37.2 Å². The monoisotopic (exact) mass is 1570 g/mol. The van der Waals surface area contributed by atoms with E-state index in [2.05, 4.69) is 54.7 Å². The number of nitrogens with zero attached hydrogens (tertiary/aromatic N) is 1. The number of nitrogens with one attached hydrogen (secondary N) is 7. The maximum atomic E-state index is 13.8. The second-order valence-electron chi connectivity index (χ2n) is 31.2. The summed E-state index contributed by atoms with van der Waals surface area (Å²) >= 11 is 0. The van der Waals surface area contributed by atoms with Gasteiger partial charge in [-0.05, 0) is 124 Å². The average Bonchev–Trinajstić information content (AvgIpc) is 1.64. The highest BCUT2D eigenvalue weighted by molar-refractivity contribution is 5.93. The summed E-state index contributed by atoms with van der Waals surface area (Å²) in [6.07, 6.45) is 13.2. The predicted molar refractivity (Wildman–Crippen MR) is 420 cm³/mol. The number of carbonyl (C=O) groups is 12. The second-order valence-corrected chi connectivity index (χ2v) is 31.2. The lowest BCUT2D eigenvalue weighted by Gasteiger charge is -2.38. The van der Waals surface area contributed by atoms with E-state index >= 15 is 0 Å². The Bertz CT molecular complexity index is 2970. The standard InChI is InChI=1S/C82H138N8O21/c1-18-42-105-44-46-107-48-49-108-47-45-106-43-39-69(96)90-65(36-35-61(93)33-29-25-23-27-32-41-84-70(97)53-62-63(77(99)103-16)52-66(86-55(7)87-80(102)111-82(13,14)15)73(62)75(89-57(9)92)59(21-4)22-5)67(94)37-38-68(95)83-40-31-28-24-26-30-34-71(98)109-76-64(78(100)104-17)51-60(50-54(6)85-79(101)110-81(10,11)12)72(76)74(88-56(8)91)58(19-2)20-3/h1,58-60,62-66,72-76,86H,7,19-53H2,2-6,8-17H3,(H,83,95)(H,84,97)(H,87,102)(H,88,91)(H,89,92)(H,90,96)/t60-,62-,63+,64+,65-,66-,72-,73-,74?,75?,76-/m1/s1. The molecule has 0 bridgehead atoms. The zero-order valence-electron chi connectivity index (χ0n) is 69.6. The van der Waals surface area contributed by atoms with Crippen LogP contribution >= 0.6 is 0 Å². The molecular weight excluding hydrogens is 1430 g/mol. The smallest absolute Gasteiger partial charge is 0.434 e. The van der Waals surface area contributed by atoms with Crippen LogP contribution in [0.25, 0.3) is 0 Å². The molecule has 0 saturated heterocycles. The van der Waals surface area contributed by atoms with Crippen molar-refractivity contribution in [2.24, 2.45) is 52.3 Å². The molecule has 0 spiro atoms. The summed E-state index contributed by atoms with van der Waals surface area (Å²) < 4.78 is 49.3. The Kier molecular flexibility index (Phi) is 49.3. The number of unbranched alkanes of at least 4 members (excludes halogenated alkanes) is 8. The number of rotatable bonds is 57. The molecule has 111 heavy (non-hydrogen) atoms. The Balaban J connectivity index is 2.02. The van der Waals surface area contributed by atoms with Gasteiger partial charge in [-0.2, -0.15) is 4.99 Å². The molecular formula is C82H138N8O21. The van der Waals surface area contributed by atoms with E-state index < -0.39 is 113 Å². The summed E-state index contributed by atoms with van der Waals surface area (Å²) in [7, 11) is 2.58. The minimum atomic E-state index is -1.02. The molecule has 2 aliphatic rings. The molecule has 2 saturated carbocycles. The summed E-state index contributed by atoms with van der Waals surface area (Å²) in [4.78, 5) is 163. The molecule has 0 aromatic heterocycles. The number of Topliss-reactive ketones (excluding diaryl/α,β-unsaturated/α-hetero) is 2. The summed E-state index contributed by atoms with van der Waals surface area (Å²) in [6, 6.07) is -2.42. The Morgan fingerprint density at radius 2 is 1.05 bits per heavy atom. The van der Waals surface area contributed by atoms with E-state index in [4.69, 9.17) is 49.1 Å². The molecule has 2 unspecified atom stereocenters. The molecule has 7 N–H and O–H groups in total.